The topological polar surface area (TPSA) is 48.1 Å². The third-order valence-corrected chi connectivity index (χ3v) is 4.10. The van der Waals surface area contributed by atoms with Crippen molar-refractivity contribution >= 4 is 11.3 Å². The van der Waals surface area contributed by atoms with Gasteiger partial charge >= 0.3 is 0 Å². The van der Waals surface area contributed by atoms with E-state index in [-0.39, 0.29) is 0 Å². The predicted octanol–water partition coefficient (Wildman–Crippen LogP) is 2.94. The van der Waals surface area contributed by atoms with Crippen molar-refractivity contribution in [3.63, 3.8) is 0 Å². The van der Waals surface area contributed by atoms with Crippen LogP contribution in [0.4, 0.5) is 0 Å². The zero-order valence-corrected chi connectivity index (χ0v) is 11.8. The molecule has 0 spiro atoms. The molecule has 0 fully saturated rings. The Morgan fingerprint density at radius 2 is 2.11 bits per heavy atom. The smallest absolute Gasteiger partial charge is 0.129 e. The first-order valence-electron chi connectivity index (χ1n) is 5.97. The van der Waals surface area contributed by atoms with Crippen LogP contribution < -0.4 is 10.5 Å². The van der Waals surface area contributed by atoms with Crippen molar-refractivity contribution in [2.75, 3.05) is 13.7 Å². The summed E-state index contributed by atoms with van der Waals surface area (Å²) in [5.41, 5.74) is 8.92. The minimum atomic E-state index is 0.660. The monoisotopic (exact) mass is 262 g/mol. The van der Waals surface area contributed by atoms with E-state index in [1.807, 2.05) is 13.0 Å². The number of rotatable bonds is 4. The van der Waals surface area contributed by atoms with Crippen molar-refractivity contribution in [2.45, 2.75) is 20.3 Å². The van der Waals surface area contributed by atoms with Crippen molar-refractivity contribution in [1.82, 2.24) is 4.98 Å². The fourth-order valence-electron chi connectivity index (χ4n) is 1.88. The van der Waals surface area contributed by atoms with Gasteiger partial charge in [-0.1, -0.05) is 6.07 Å². The molecule has 2 rings (SSSR count). The number of hydrogen-bond acceptors (Lipinski definition) is 4. The second-order valence-corrected chi connectivity index (χ2v) is 5.35. The molecule has 0 atom stereocenters. The molecule has 2 aromatic rings. The molecule has 1 heterocycles. The lowest BCUT2D eigenvalue weighted by Gasteiger charge is -2.06. The molecule has 1 aromatic heterocycles. The second-order valence-electron chi connectivity index (χ2n) is 4.27. The van der Waals surface area contributed by atoms with Gasteiger partial charge < -0.3 is 10.5 Å². The van der Waals surface area contributed by atoms with Crippen LogP contribution in [0.5, 0.6) is 5.75 Å². The Morgan fingerprint density at radius 3 is 2.78 bits per heavy atom. The van der Waals surface area contributed by atoms with Crippen LogP contribution in [0.2, 0.25) is 0 Å². The summed E-state index contributed by atoms with van der Waals surface area (Å²) in [6, 6.07) is 6.19. The molecule has 4 heteroatoms. The maximum absolute atomic E-state index is 5.61. The van der Waals surface area contributed by atoms with Gasteiger partial charge in [0.2, 0.25) is 0 Å². The largest absolute Gasteiger partial charge is 0.496 e. The van der Waals surface area contributed by atoms with Crippen LogP contribution in [-0.2, 0) is 6.42 Å². The average molecular weight is 262 g/mol. The Bertz CT molecular complexity index is 549. The lowest BCUT2D eigenvalue weighted by Crippen LogP contribution is -2.01. The third kappa shape index (κ3) is 2.54. The highest BCUT2D eigenvalue weighted by Gasteiger charge is 2.12. The normalized spacial score (nSPS) is 10.7. The van der Waals surface area contributed by atoms with E-state index in [0.29, 0.717) is 6.54 Å². The van der Waals surface area contributed by atoms with Crippen LogP contribution in [0.1, 0.15) is 16.1 Å². The summed E-state index contributed by atoms with van der Waals surface area (Å²) in [6.07, 6.45) is 0.887. The van der Waals surface area contributed by atoms with Crippen molar-refractivity contribution in [3.05, 3.63) is 34.3 Å². The number of benzene rings is 1. The van der Waals surface area contributed by atoms with Gasteiger partial charge in [0.05, 0.1) is 18.4 Å². The summed E-state index contributed by atoms with van der Waals surface area (Å²) in [5, 5.41) is 1.01. The summed E-state index contributed by atoms with van der Waals surface area (Å²) in [7, 11) is 1.69. The fraction of sp³-hybridized carbons (Fsp3) is 0.357. The third-order valence-electron chi connectivity index (χ3n) is 2.85. The molecule has 1 aromatic carbocycles. The van der Waals surface area contributed by atoms with Gasteiger partial charge in [-0.3, -0.25) is 0 Å². The van der Waals surface area contributed by atoms with Crippen LogP contribution in [0, 0.1) is 13.8 Å². The van der Waals surface area contributed by atoms with Gasteiger partial charge in [-0.05, 0) is 44.5 Å². The minimum Gasteiger partial charge on any atom is -0.496 e. The summed E-state index contributed by atoms with van der Waals surface area (Å²) in [4.78, 5) is 5.88. The zero-order chi connectivity index (χ0) is 13.1. The van der Waals surface area contributed by atoms with Gasteiger partial charge in [-0.25, -0.2) is 4.98 Å². The number of nitrogens with zero attached hydrogens (tertiary/aromatic N) is 1. The van der Waals surface area contributed by atoms with Gasteiger partial charge in [0.25, 0.3) is 0 Å². The molecule has 0 amide bonds. The summed E-state index contributed by atoms with van der Waals surface area (Å²) < 4.78 is 5.43. The number of ether oxygens (including phenoxy) is 1. The van der Waals surface area contributed by atoms with Crippen LogP contribution >= 0.6 is 11.3 Å². The number of methoxy groups -OCH3 is 1. The van der Waals surface area contributed by atoms with E-state index in [2.05, 4.69) is 24.0 Å². The minimum absolute atomic E-state index is 0.660. The average Bonchev–Trinajstić information content (AvgIpc) is 2.71. The number of hydrogen-bond donors (Lipinski definition) is 1. The molecule has 0 radical (unpaired) electrons. The summed E-state index contributed by atoms with van der Waals surface area (Å²) in [5.74, 6) is 0.878. The lowest BCUT2D eigenvalue weighted by molar-refractivity contribution is 0.416. The molecule has 0 aliphatic carbocycles. The highest BCUT2D eigenvalue weighted by molar-refractivity contribution is 7.15. The molecule has 0 unspecified atom stereocenters. The van der Waals surface area contributed by atoms with E-state index >= 15 is 0 Å². The van der Waals surface area contributed by atoms with Crippen molar-refractivity contribution in [3.8, 4) is 16.3 Å². The summed E-state index contributed by atoms with van der Waals surface area (Å²) in [6.45, 7) is 4.75. The van der Waals surface area contributed by atoms with Crippen LogP contribution in [0.15, 0.2) is 18.2 Å². The second kappa shape index (κ2) is 5.50. The van der Waals surface area contributed by atoms with E-state index in [0.717, 1.165) is 28.4 Å². The van der Waals surface area contributed by atoms with Gasteiger partial charge in [0.15, 0.2) is 0 Å². The molecular formula is C14H18N2OS. The van der Waals surface area contributed by atoms with Crippen LogP contribution in [-0.4, -0.2) is 18.6 Å². The molecule has 0 aliphatic rings. The molecule has 0 saturated heterocycles. The van der Waals surface area contributed by atoms with E-state index in [4.69, 9.17) is 10.5 Å². The Balaban J connectivity index is 2.45. The van der Waals surface area contributed by atoms with E-state index in [9.17, 15) is 0 Å². The SMILES string of the molecule is COc1cc(C)ccc1-c1nc(C)c(CCN)s1. The lowest BCUT2D eigenvalue weighted by atomic mass is 10.1. The maximum atomic E-state index is 5.61. The van der Waals surface area contributed by atoms with Crippen LogP contribution in [0.3, 0.4) is 0 Å². The number of thiazole rings is 1. The highest BCUT2D eigenvalue weighted by atomic mass is 32.1. The summed E-state index contributed by atoms with van der Waals surface area (Å²) >= 11 is 1.70. The molecule has 2 N–H and O–H groups in total. The van der Waals surface area contributed by atoms with Crippen LogP contribution in [0.25, 0.3) is 10.6 Å². The van der Waals surface area contributed by atoms with E-state index in [1.165, 1.54) is 10.4 Å². The number of aromatic nitrogens is 1. The highest BCUT2D eigenvalue weighted by Crippen LogP contribution is 2.35. The molecule has 18 heavy (non-hydrogen) atoms. The Labute approximate surface area is 112 Å². The quantitative estimate of drug-likeness (QED) is 0.921. The maximum Gasteiger partial charge on any atom is 0.129 e. The van der Waals surface area contributed by atoms with Gasteiger partial charge in [0.1, 0.15) is 10.8 Å². The zero-order valence-electron chi connectivity index (χ0n) is 11.0. The standard InChI is InChI=1S/C14H18N2OS/c1-9-4-5-11(12(8-9)17-3)14-16-10(2)13(18-14)6-7-15/h4-5,8H,6-7,15H2,1-3H3. The molecule has 96 valence electrons. The number of nitrogens with two attached hydrogens (primary N) is 1. The van der Waals surface area contributed by atoms with E-state index in [1.54, 1.807) is 18.4 Å². The molecule has 3 nitrogen and oxygen atoms in total. The number of aryl methyl sites for hydroxylation is 2. The predicted molar refractivity (Wildman–Crippen MR) is 76.3 cm³/mol. The first kappa shape index (κ1) is 13.1. The van der Waals surface area contributed by atoms with Crippen molar-refractivity contribution < 1.29 is 4.74 Å². The Morgan fingerprint density at radius 1 is 1.33 bits per heavy atom. The molecular weight excluding hydrogens is 244 g/mol. The first-order valence-corrected chi connectivity index (χ1v) is 6.78. The van der Waals surface area contributed by atoms with Gasteiger partial charge in [-0.15, -0.1) is 11.3 Å². The van der Waals surface area contributed by atoms with Gasteiger partial charge in [-0.2, -0.15) is 0 Å². The van der Waals surface area contributed by atoms with E-state index < -0.39 is 0 Å². The van der Waals surface area contributed by atoms with Crippen molar-refractivity contribution in [1.29, 1.82) is 0 Å². The Hall–Kier alpha value is -1.39. The molecule has 0 bridgehead atoms. The molecule has 0 saturated carbocycles. The molecule has 0 aliphatic heterocycles. The van der Waals surface area contributed by atoms with Crippen molar-refractivity contribution in [2.24, 2.45) is 5.73 Å². The van der Waals surface area contributed by atoms with Gasteiger partial charge in [0, 0.05) is 4.88 Å². The Kier molecular flexibility index (Phi) is 3.99. The fourth-order valence-corrected chi connectivity index (χ4v) is 2.99. The first-order chi connectivity index (χ1) is 8.65.